The summed E-state index contributed by atoms with van der Waals surface area (Å²) in [4.78, 5) is 8.20. The van der Waals surface area contributed by atoms with Crippen LogP contribution in [-0.4, -0.2) is 26.3 Å². The van der Waals surface area contributed by atoms with Gasteiger partial charge in [-0.1, -0.05) is 13.8 Å². The van der Waals surface area contributed by atoms with Crippen LogP contribution >= 0.6 is 0 Å². The van der Waals surface area contributed by atoms with Crippen molar-refractivity contribution in [1.82, 2.24) is 25.1 Å². The van der Waals surface area contributed by atoms with Gasteiger partial charge in [0.05, 0.1) is 5.69 Å². The average Bonchev–Trinajstić information content (AvgIpc) is 2.95. The van der Waals surface area contributed by atoms with Gasteiger partial charge in [-0.05, 0) is 26.0 Å². The summed E-state index contributed by atoms with van der Waals surface area (Å²) in [7, 11) is 0. The fourth-order valence-electron chi connectivity index (χ4n) is 2.17. The molecule has 2 atom stereocenters. The van der Waals surface area contributed by atoms with Crippen molar-refractivity contribution in [2.75, 3.05) is 6.54 Å². The summed E-state index contributed by atoms with van der Waals surface area (Å²) in [5, 5.41) is 8.14. The SMILES string of the molecule is CCNC(Cc1ccn(C(C)CC)n1)c1cncnc1. The van der Waals surface area contributed by atoms with E-state index in [9.17, 15) is 0 Å². The Morgan fingerprint density at radius 2 is 2.00 bits per heavy atom. The lowest BCUT2D eigenvalue weighted by atomic mass is 10.1. The lowest BCUT2D eigenvalue weighted by molar-refractivity contribution is 0.466. The van der Waals surface area contributed by atoms with Crippen LogP contribution in [0.3, 0.4) is 0 Å². The molecular weight excluding hydrogens is 250 g/mol. The average molecular weight is 273 g/mol. The van der Waals surface area contributed by atoms with E-state index in [1.165, 1.54) is 0 Å². The van der Waals surface area contributed by atoms with E-state index in [0.717, 1.165) is 30.6 Å². The summed E-state index contributed by atoms with van der Waals surface area (Å²) < 4.78 is 2.04. The predicted molar refractivity (Wildman–Crippen MR) is 79.4 cm³/mol. The van der Waals surface area contributed by atoms with Crippen LogP contribution in [0.15, 0.2) is 31.0 Å². The molecule has 1 N–H and O–H groups in total. The Morgan fingerprint density at radius 1 is 1.25 bits per heavy atom. The molecule has 0 bridgehead atoms. The molecule has 108 valence electrons. The molecule has 5 nitrogen and oxygen atoms in total. The van der Waals surface area contributed by atoms with Crippen molar-refractivity contribution in [3.05, 3.63) is 42.2 Å². The number of rotatable bonds is 7. The Hall–Kier alpha value is -1.75. The van der Waals surface area contributed by atoms with Crippen LogP contribution in [0.25, 0.3) is 0 Å². The number of nitrogens with one attached hydrogen (secondary N) is 1. The Kier molecular flexibility index (Phi) is 5.24. The van der Waals surface area contributed by atoms with E-state index in [4.69, 9.17) is 0 Å². The van der Waals surface area contributed by atoms with Crippen molar-refractivity contribution in [1.29, 1.82) is 0 Å². The predicted octanol–water partition coefficient (Wildman–Crippen LogP) is 2.54. The normalized spacial score (nSPS) is 14.2. The van der Waals surface area contributed by atoms with Crippen LogP contribution < -0.4 is 5.32 Å². The van der Waals surface area contributed by atoms with Crippen LogP contribution in [0.5, 0.6) is 0 Å². The Bertz CT molecular complexity index is 508. The van der Waals surface area contributed by atoms with Gasteiger partial charge in [-0.3, -0.25) is 4.68 Å². The zero-order valence-corrected chi connectivity index (χ0v) is 12.5. The maximum Gasteiger partial charge on any atom is 0.115 e. The highest BCUT2D eigenvalue weighted by Gasteiger charge is 2.14. The molecule has 0 saturated carbocycles. The number of likely N-dealkylation sites (N-methyl/N-ethyl adjacent to an activating group) is 1. The zero-order chi connectivity index (χ0) is 14.4. The molecule has 0 aliphatic rings. The molecule has 0 amide bonds. The molecule has 0 aromatic carbocycles. The van der Waals surface area contributed by atoms with E-state index in [1.54, 1.807) is 6.33 Å². The van der Waals surface area contributed by atoms with Gasteiger partial charge in [0.25, 0.3) is 0 Å². The second-order valence-corrected chi connectivity index (χ2v) is 5.03. The molecule has 0 saturated heterocycles. The van der Waals surface area contributed by atoms with Crippen LogP contribution in [0, 0.1) is 0 Å². The van der Waals surface area contributed by atoms with E-state index in [0.29, 0.717) is 6.04 Å². The summed E-state index contributed by atoms with van der Waals surface area (Å²) >= 11 is 0. The van der Waals surface area contributed by atoms with E-state index in [-0.39, 0.29) is 6.04 Å². The first-order valence-corrected chi connectivity index (χ1v) is 7.26. The maximum absolute atomic E-state index is 4.66. The zero-order valence-electron chi connectivity index (χ0n) is 12.5. The monoisotopic (exact) mass is 273 g/mol. The number of aromatic nitrogens is 4. The van der Waals surface area contributed by atoms with E-state index in [1.807, 2.05) is 17.1 Å². The lowest BCUT2D eigenvalue weighted by Crippen LogP contribution is -2.23. The van der Waals surface area contributed by atoms with E-state index in [2.05, 4.69) is 53.4 Å². The van der Waals surface area contributed by atoms with Crippen LogP contribution in [0.1, 0.15) is 50.5 Å². The first-order valence-electron chi connectivity index (χ1n) is 7.26. The molecule has 20 heavy (non-hydrogen) atoms. The highest BCUT2D eigenvalue weighted by Crippen LogP contribution is 2.17. The first-order chi connectivity index (χ1) is 9.74. The summed E-state index contributed by atoms with van der Waals surface area (Å²) in [6.45, 7) is 7.37. The number of hydrogen-bond acceptors (Lipinski definition) is 4. The van der Waals surface area contributed by atoms with Gasteiger partial charge in [0.15, 0.2) is 0 Å². The summed E-state index contributed by atoms with van der Waals surface area (Å²) in [6, 6.07) is 2.75. The van der Waals surface area contributed by atoms with Gasteiger partial charge in [-0.25, -0.2) is 9.97 Å². The van der Waals surface area contributed by atoms with Crippen molar-refractivity contribution in [2.45, 2.75) is 45.7 Å². The highest BCUT2D eigenvalue weighted by atomic mass is 15.3. The van der Waals surface area contributed by atoms with Gasteiger partial charge in [0, 0.05) is 42.7 Å². The molecule has 5 heteroatoms. The van der Waals surface area contributed by atoms with Gasteiger partial charge in [-0.2, -0.15) is 5.10 Å². The second kappa shape index (κ2) is 7.14. The van der Waals surface area contributed by atoms with Crippen LogP contribution in [0.2, 0.25) is 0 Å². The first kappa shape index (κ1) is 14.7. The standard InChI is InChI=1S/C15H23N5/c1-4-12(3)20-7-6-14(19-20)8-15(18-5-2)13-9-16-11-17-10-13/h6-7,9-12,15,18H,4-5,8H2,1-3H3. The largest absolute Gasteiger partial charge is 0.310 e. The van der Waals surface area contributed by atoms with Gasteiger partial charge >= 0.3 is 0 Å². The molecule has 0 aliphatic heterocycles. The number of nitrogens with zero attached hydrogens (tertiary/aromatic N) is 4. The molecule has 2 heterocycles. The third kappa shape index (κ3) is 3.63. The molecular formula is C15H23N5. The maximum atomic E-state index is 4.66. The molecule has 0 radical (unpaired) electrons. The summed E-state index contributed by atoms with van der Waals surface area (Å²) in [5.74, 6) is 0. The van der Waals surface area contributed by atoms with Gasteiger partial charge < -0.3 is 5.32 Å². The third-order valence-corrected chi connectivity index (χ3v) is 3.55. The summed E-state index contributed by atoms with van der Waals surface area (Å²) in [6.07, 6.45) is 9.30. The lowest BCUT2D eigenvalue weighted by Gasteiger charge is -2.16. The molecule has 0 fully saturated rings. The van der Waals surface area contributed by atoms with E-state index >= 15 is 0 Å². The third-order valence-electron chi connectivity index (χ3n) is 3.55. The molecule has 2 aromatic heterocycles. The molecule has 2 unspecified atom stereocenters. The Balaban J connectivity index is 2.10. The topological polar surface area (TPSA) is 55.6 Å². The fraction of sp³-hybridized carbons (Fsp3) is 0.533. The van der Waals surface area contributed by atoms with Gasteiger partial charge in [0.1, 0.15) is 6.33 Å². The molecule has 0 spiro atoms. The Labute approximate surface area is 120 Å². The molecule has 0 aliphatic carbocycles. The van der Waals surface area contributed by atoms with Crippen LogP contribution in [0.4, 0.5) is 0 Å². The van der Waals surface area contributed by atoms with Gasteiger partial charge in [-0.15, -0.1) is 0 Å². The Morgan fingerprint density at radius 3 is 2.65 bits per heavy atom. The molecule has 2 aromatic rings. The van der Waals surface area contributed by atoms with Crippen molar-refractivity contribution >= 4 is 0 Å². The van der Waals surface area contributed by atoms with Crippen molar-refractivity contribution in [3.8, 4) is 0 Å². The van der Waals surface area contributed by atoms with Crippen molar-refractivity contribution < 1.29 is 0 Å². The van der Waals surface area contributed by atoms with Crippen molar-refractivity contribution in [3.63, 3.8) is 0 Å². The minimum Gasteiger partial charge on any atom is -0.310 e. The minimum absolute atomic E-state index is 0.210. The minimum atomic E-state index is 0.210. The smallest absolute Gasteiger partial charge is 0.115 e. The fourth-order valence-corrected chi connectivity index (χ4v) is 2.17. The van der Waals surface area contributed by atoms with E-state index < -0.39 is 0 Å². The quantitative estimate of drug-likeness (QED) is 0.842. The highest BCUT2D eigenvalue weighted by molar-refractivity contribution is 5.14. The number of hydrogen-bond donors (Lipinski definition) is 1. The summed E-state index contributed by atoms with van der Waals surface area (Å²) in [5.41, 5.74) is 2.20. The molecule has 2 rings (SSSR count). The van der Waals surface area contributed by atoms with Gasteiger partial charge in [0.2, 0.25) is 0 Å². The second-order valence-electron chi connectivity index (χ2n) is 5.03. The van der Waals surface area contributed by atoms with Crippen LogP contribution in [-0.2, 0) is 6.42 Å². The van der Waals surface area contributed by atoms with Crippen molar-refractivity contribution in [2.24, 2.45) is 0 Å².